The quantitative estimate of drug-likeness (QED) is 0.843. The lowest BCUT2D eigenvalue weighted by Crippen LogP contribution is -2.37. The fraction of sp³-hybridized carbons (Fsp3) is 0.500. The molecule has 20 heavy (non-hydrogen) atoms. The number of methoxy groups -OCH3 is 1. The molecule has 0 saturated carbocycles. The molecule has 0 bridgehead atoms. The second kappa shape index (κ2) is 8.09. The third kappa shape index (κ3) is 5.00. The lowest BCUT2D eigenvalue weighted by Gasteiger charge is -2.14. The summed E-state index contributed by atoms with van der Waals surface area (Å²) in [6, 6.07) is 7.91. The van der Waals surface area contributed by atoms with Gasteiger partial charge in [-0.1, -0.05) is 12.1 Å². The van der Waals surface area contributed by atoms with Crippen molar-refractivity contribution in [3.05, 3.63) is 29.8 Å². The minimum Gasteiger partial charge on any atom is -0.497 e. The van der Waals surface area contributed by atoms with E-state index < -0.39 is 0 Å². The summed E-state index contributed by atoms with van der Waals surface area (Å²) in [6.07, 6.45) is 0.975. The molecule has 112 valence electrons. The van der Waals surface area contributed by atoms with Crippen molar-refractivity contribution < 1.29 is 9.53 Å². The minimum atomic E-state index is 0. The molecular formula is C14H22ClN3O2. The van der Waals surface area contributed by atoms with E-state index in [2.05, 4.69) is 10.2 Å². The predicted octanol–water partition coefficient (Wildman–Crippen LogP) is 0.766. The van der Waals surface area contributed by atoms with Crippen molar-refractivity contribution >= 4 is 18.3 Å². The molecule has 0 aliphatic carbocycles. The first kappa shape index (κ1) is 16.8. The number of likely N-dealkylation sites (tertiary alicyclic amines) is 1. The van der Waals surface area contributed by atoms with Gasteiger partial charge >= 0.3 is 0 Å². The zero-order valence-corrected chi connectivity index (χ0v) is 12.5. The van der Waals surface area contributed by atoms with Gasteiger partial charge in [-0.25, -0.2) is 0 Å². The van der Waals surface area contributed by atoms with Crippen LogP contribution in [0.5, 0.6) is 5.75 Å². The van der Waals surface area contributed by atoms with Gasteiger partial charge in [0.15, 0.2) is 0 Å². The number of amides is 1. The number of hydrogen-bond donors (Lipinski definition) is 2. The number of carbonyl (C=O) groups is 1. The summed E-state index contributed by atoms with van der Waals surface area (Å²) in [5.74, 6) is 0.842. The van der Waals surface area contributed by atoms with Crippen molar-refractivity contribution in [3.63, 3.8) is 0 Å². The summed E-state index contributed by atoms with van der Waals surface area (Å²) in [5.41, 5.74) is 6.84. The summed E-state index contributed by atoms with van der Waals surface area (Å²) in [6.45, 7) is 2.67. The van der Waals surface area contributed by atoms with Crippen LogP contribution >= 0.6 is 12.4 Å². The van der Waals surface area contributed by atoms with E-state index in [4.69, 9.17) is 10.5 Å². The molecule has 1 fully saturated rings. The van der Waals surface area contributed by atoms with Crippen LogP contribution in [0.25, 0.3) is 0 Å². The molecule has 1 heterocycles. The standard InChI is InChI=1S/C14H21N3O2.ClH/c1-19-13-4-2-3-11(7-13)8-16-14(18)10-17-6-5-12(15)9-17;/h2-4,7,12H,5-6,8-10,15H2,1H3,(H,16,18);1H/t12-;/m0./s1. The Morgan fingerprint density at radius 3 is 3.00 bits per heavy atom. The summed E-state index contributed by atoms with van der Waals surface area (Å²) in [4.78, 5) is 13.9. The number of benzene rings is 1. The maximum Gasteiger partial charge on any atom is 0.234 e. The van der Waals surface area contributed by atoms with Crippen LogP contribution in [0.15, 0.2) is 24.3 Å². The predicted molar refractivity (Wildman–Crippen MR) is 81.1 cm³/mol. The Labute approximate surface area is 125 Å². The molecule has 1 aromatic carbocycles. The van der Waals surface area contributed by atoms with Gasteiger partial charge < -0.3 is 15.8 Å². The van der Waals surface area contributed by atoms with Crippen LogP contribution in [0.1, 0.15) is 12.0 Å². The number of rotatable bonds is 5. The maximum atomic E-state index is 11.8. The van der Waals surface area contributed by atoms with Crippen molar-refractivity contribution in [1.82, 2.24) is 10.2 Å². The van der Waals surface area contributed by atoms with Gasteiger partial charge in [0.1, 0.15) is 5.75 Å². The van der Waals surface area contributed by atoms with E-state index in [1.165, 1.54) is 0 Å². The molecule has 1 aliphatic rings. The van der Waals surface area contributed by atoms with Crippen molar-refractivity contribution in [2.24, 2.45) is 5.73 Å². The van der Waals surface area contributed by atoms with Crippen LogP contribution in [-0.2, 0) is 11.3 Å². The van der Waals surface area contributed by atoms with Crippen molar-refractivity contribution in [2.45, 2.75) is 19.0 Å². The van der Waals surface area contributed by atoms with Crippen molar-refractivity contribution in [1.29, 1.82) is 0 Å². The first-order chi connectivity index (χ1) is 9.17. The van der Waals surface area contributed by atoms with Crippen LogP contribution in [0.3, 0.4) is 0 Å². The van der Waals surface area contributed by atoms with E-state index in [1.54, 1.807) is 7.11 Å². The number of nitrogens with two attached hydrogens (primary N) is 1. The van der Waals surface area contributed by atoms with Gasteiger partial charge in [0, 0.05) is 25.7 Å². The fourth-order valence-corrected chi connectivity index (χ4v) is 2.25. The van der Waals surface area contributed by atoms with Gasteiger partial charge in [-0.3, -0.25) is 9.69 Å². The minimum absolute atomic E-state index is 0. The SMILES string of the molecule is COc1cccc(CNC(=O)CN2CC[C@H](N)C2)c1.Cl. The third-order valence-corrected chi connectivity index (χ3v) is 3.30. The number of carbonyl (C=O) groups excluding carboxylic acids is 1. The van der Waals surface area contributed by atoms with Crippen molar-refractivity contribution in [3.8, 4) is 5.75 Å². The molecule has 0 unspecified atom stereocenters. The monoisotopic (exact) mass is 299 g/mol. The average Bonchev–Trinajstić information content (AvgIpc) is 2.82. The molecule has 0 aromatic heterocycles. The van der Waals surface area contributed by atoms with Gasteiger partial charge in [-0.15, -0.1) is 12.4 Å². The molecular weight excluding hydrogens is 278 g/mol. The smallest absolute Gasteiger partial charge is 0.234 e. The van der Waals surface area contributed by atoms with Gasteiger partial charge in [0.2, 0.25) is 5.91 Å². The van der Waals surface area contributed by atoms with Crippen LogP contribution in [0, 0.1) is 0 Å². The summed E-state index contributed by atoms with van der Waals surface area (Å²) < 4.78 is 5.15. The molecule has 1 aliphatic heterocycles. The normalized spacial score (nSPS) is 18.4. The number of halogens is 1. The van der Waals surface area contributed by atoms with E-state index in [1.807, 2.05) is 24.3 Å². The molecule has 1 aromatic rings. The molecule has 5 nitrogen and oxygen atoms in total. The average molecular weight is 300 g/mol. The van der Waals surface area contributed by atoms with Gasteiger partial charge in [-0.05, 0) is 24.1 Å². The van der Waals surface area contributed by atoms with E-state index in [0.29, 0.717) is 13.1 Å². The van der Waals surface area contributed by atoms with E-state index in [-0.39, 0.29) is 24.4 Å². The molecule has 1 saturated heterocycles. The Morgan fingerprint density at radius 2 is 2.35 bits per heavy atom. The number of nitrogens with one attached hydrogen (secondary N) is 1. The molecule has 0 radical (unpaired) electrons. The zero-order chi connectivity index (χ0) is 13.7. The van der Waals surface area contributed by atoms with E-state index in [0.717, 1.165) is 30.8 Å². The highest BCUT2D eigenvalue weighted by Gasteiger charge is 2.20. The molecule has 2 rings (SSSR count). The first-order valence-electron chi connectivity index (χ1n) is 6.55. The van der Waals surface area contributed by atoms with Gasteiger partial charge in [0.05, 0.1) is 13.7 Å². The topological polar surface area (TPSA) is 67.6 Å². The molecule has 6 heteroatoms. The fourth-order valence-electron chi connectivity index (χ4n) is 2.25. The number of ether oxygens (including phenoxy) is 1. The third-order valence-electron chi connectivity index (χ3n) is 3.30. The molecule has 1 atom stereocenters. The molecule has 3 N–H and O–H groups in total. The first-order valence-corrected chi connectivity index (χ1v) is 6.55. The largest absolute Gasteiger partial charge is 0.497 e. The highest BCUT2D eigenvalue weighted by Crippen LogP contribution is 2.12. The lowest BCUT2D eigenvalue weighted by atomic mass is 10.2. The number of hydrogen-bond acceptors (Lipinski definition) is 4. The Bertz CT molecular complexity index is 442. The Morgan fingerprint density at radius 1 is 1.55 bits per heavy atom. The van der Waals surface area contributed by atoms with Gasteiger partial charge in [0.25, 0.3) is 0 Å². The Hall–Kier alpha value is -1.30. The highest BCUT2D eigenvalue weighted by atomic mass is 35.5. The lowest BCUT2D eigenvalue weighted by molar-refractivity contribution is -0.122. The molecule has 1 amide bonds. The second-order valence-corrected chi connectivity index (χ2v) is 4.91. The summed E-state index contributed by atoms with van der Waals surface area (Å²) >= 11 is 0. The highest BCUT2D eigenvalue weighted by molar-refractivity contribution is 5.85. The van der Waals surface area contributed by atoms with Crippen LogP contribution in [0.4, 0.5) is 0 Å². The Balaban J connectivity index is 0.00000200. The zero-order valence-electron chi connectivity index (χ0n) is 11.7. The molecule has 0 spiro atoms. The number of nitrogens with zero attached hydrogens (tertiary/aromatic N) is 1. The van der Waals surface area contributed by atoms with Crippen LogP contribution in [0.2, 0.25) is 0 Å². The van der Waals surface area contributed by atoms with E-state index in [9.17, 15) is 4.79 Å². The Kier molecular flexibility index (Phi) is 6.78. The summed E-state index contributed by atoms with van der Waals surface area (Å²) in [7, 11) is 1.63. The maximum absolute atomic E-state index is 11.8. The summed E-state index contributed by atoms with van der Waals surface area (Å²) in [5, 5.41) is 2.92. The second-order valence-electron chi connectivity index (χ2n) is 4.91. The van der Waals surface area contributed by atoms with Crippen LogP contribution < -0.4 is 15.8 Å². The van der Waals surface area contributed by atoms with E-state index >= 15 is 0 Å². The van der Waals surface area contributed by atoms with Gasteiger partial charge in [-0.2, -0.15) is 0 Å². The van der Waals surface area contributed by atoms with Crippen molar-refractivity contribution in [2.75, 3.05) is 26.7 Å². The van der Waals surface area contributed by atoms with Crippen LogP contribution in [-0.4, -0.2) is 43.6 Å².